The zero-order valence-corrected chi connectivity index (χ0v) is 9.06. The molecular formula is C11H16N4. The molecule has 0 N–H and O–H groups in total. The molecule has 0 aliphatic carbocycles. The lowest BCUT2D eigenvalue weighted by Gasteiger charge is -2.28. The van der Waals surface area contributed by atoms with E-state index >= 15 is 0 Å². The van der Waals surface area contributed by atoms with Crippen molar-refractivity contribution in [1.29, 1.82) is 5.26 Å². The van der Waals surface area contributed by atoms with Crippen LogP contribution in [0.2, 0.25) is 0 Å². The summed E-state index contributed by atoms with van der Waals surface area (Å²) < 4.78 is 1.97. The number of hydrogen-bond donors (Lipinski definition) is 0. The normalized spacial score (nSPS) is 18.9. The molecule has 0 unspecified atom stereocenters. The SMILES string of the molecule is CN1CCC(c2nccn2CC#N)CC1. The van der Waals surface area contributed by atoms with Gasteiger partial charge in [0.25, 0.3) is 0 Å². The summed E-state index contributed by atoms with van der Waals surface area (Å²) in [6, 6.07) is 2.17. The maximum atomic E-state index is 8.70. The van der Waals surface area contributed by atoms with Crippen LogP contribution in [0.1, 0.15) is 24.6 Å². The van der Waals surface area contributed by atoms with Gasteiger partial charge in [-0.05, 0) is 33.0 Å². The third-order valence-electron chi connectivity index (χ3n) is 3.07. The van der Waals surface area contributed by atoms with Crippen LogP contribution in [0.25, 0.3) is 0 Å². The van der Waals surface area contributed by atoms with Gasteiger partial charge >= 0.3 is 0 Å². The highest BCUT2D eigenvalue weighted by atomic mass is 15.1. The van der Waals surface area contributed by atoms with Crippen molar-refractivity contribution in [3.05, 3.63) is 18.2 Å². The summed E-state index contributed by atoms with van der Waals surface area (Å²) in [5.41, 5.74) is 0. The molecule has 4 heteroatoms. The van der Waals surface area contributed by atoms with Crippen LogP contribution in [-0.4, -0.2) is 34.6 Å². The van der Waals surface area contributed by atoms with Gasteiger partial charge in [0.15, 0.2) is 0 Å². The Bertz CT molecular complexity index is 355. The van der Waals surface area contributed by atoms with Crippen molar-refractivity contribution in [3.63, 3.8) is 0 Å². The molecule has 0 spiro atoms. The number of rotatable bonds is 2. The van der Waals surface area contributed by atoms with Crippen LogP contribution in [0.15, 0.2) is 12.4 Å². The number of nitriles is 1. The van der Waals surface area contributed by atoms with Gasteiger partial charge in [-0.2, -0.15) is 5.26 Å². The molecule has 4 nitrogen and oxygen atoms in total. The maximum absolute atomic E-state index is 8.70. The lowest BCUT2D eigenvalue weighted by Crippen LogP contribution is -2.30. The molecule has 0 saturated carbocycles. The molecule has 1 aromatic rings. The van der Waals surface area contributed by atoms with Gasteiger partial charge in [-0.15, -0.1) is 0 Å². The van der Waals surface area contributed by atoms with E-state index in [1.807, 2.05) is 10.8 Å². The van der Waals surface area contributed by atoms with Gasteiger partial charge < -0.3 is 9.47 Å². The second-order valence-corrected chi connectivity index (χ2v) is 4.15. The Kier molecular flexibility index (Phi) is 3.02. The van der Waals surface area contributed by atoms with Crippen LogP contribution in [0.5, 0.6) is 0 Å². The second-order valence-electron chi connectivity index (χ2n) is 4.15. The largest absolute Gasteiger partial charge is 0.321 e. The smallest absolute Gasteiger partial charge is 0.112 e. The van der Waals surface area contributed by atoms with Gasteiger partial charge in [0.05, 0.1) is 6.07 Å². The number of likely N-dealkylation sites (tertiary alicyclic amines) is 1. The van der Waals surface area contributed by atoms with Crippen LogP contribution < -0.4 is 0 Å². The fourth-order valence-electron chi connectivity index (χ4n) is 2.16. The predicted octanol–water partition coefficient (Wildman–Crippen LogP) is 1.22. The molecule has 2 rings (SSSR count). The molecule has 0 amide bonds. The molecule has 1 aliphatic rings. The molecule has 2 heterocycles. The number of hydrogen-bond acceptors (Lipinski definition) is 3. The maximum Gasteiger partial charge on any atom is 0.112 e. The molecular weight excluding hydrogens is 188 g/mol. The number of imidazole rings is 1. The van der Waals surface area contributed by atoms with Crippen molar-refractivity contribution in [2.45, 2.75) is 25.3 Å². The van der Waals surface area contributed by atoms with E-state index in [0.29, 0.717) is 12.5 Å². The first-order valence-corrected chi connectivity index (χ1v) is 5.38. The Morgan fingerprint density at radius 2 is 2.27 bits per heavy atom. The fourth-order valence-corrected chi connectivity index (χ4v) is 2.16. The Morgan fingerprint density at radius 1 is 1.53 bits per heavy atom. The quantitative estimate of drug-likeness (QED) is 0.727. The highest BCUT2D eigenvalue weighted by molar-refractivity contribution is 5.03. The molecule has 80 valence electrons. The molecule has 0 bridgehead atoms. The van der Waals surface area contributed by atoms with Crippen LogP contribution in [0.3, 0.4) is 0 Å². The third-order valence-corrected chi connectivity index (χ3v) is 3.07. The summed E-state index contributed by atoms with van der Waals surface area (Å²) in [7, 11) is 2.15. The first-order valence-electron chi connectivity index (χ1n) is 5.38. The molecule has 0 radical (unpaired) electrons. The molecule has 1 saturated heterocycles. The van der Waals surface area contributed by atoms with Crippen LogP contribution in [0, 0.1) is 11.3 Å². The highest BCUT2D eigenvalue weighted by Gasteiger charge is 2.21. The van der Waals surface area contributed by atoms with Gasteiger partial charge in [-0.3, -0.25) is 0 Å². The first kappa shape index (κ1) is 10.2. The van der Waals surface area contributed by atoms with Crippen molar-refractivity contribution in [2.24, 2.45) is 0 Å². The van der Waals surface area contributed by atoms with E-state index in [2.05, 4.69) is 23.0 Å². The minimum Gasteiger partial charge on any atom is -0.321 e. The summed E-state index contributed by atoms with van der Waals surface area (Å²) in [6.45, 7) is 2.68. The van der Waals surface area contributed by atoms with Crippen molar-refractivity contribution in [3.8, 4) is 6.07 Å². The zero-order chi connectivity index (χ0) is 10.7. The van der Waals surface area contributed by atoms with E-state index in [0.717, 1.165) is 31.8 Å². The highest BCUT2D eigenvalue weighted by Crippen LogP contribution is 2.25. The second kappa shape index (κ2) is 4.45. The summed E-state index contributed by atoms with van der Waals surface area (Å²) in [6.07, 6.45) is 6.00. The lowest BCUT2D eigenvalue weighted by molar-refractivity contribution is 0.249. The Labute approximate surface area is 90.1 Å². The van der Waals surface area contributed by atoms with Crippen LogP contribution in [-0.2, 0) is 6.54 Å². The Hall–Kier alpha value is -1.34. The molecule has 1 aromatic heterocycles. The van der Waals surface area contributed by atoms with E-state index in [1.54, 1.807) is 6.20 Å². The van der Waals surface area contributed by atoms with E-state index in [-0.39, 0.29) is 0 Å². The van der Waals surface area contributed by atoms with Crippen molar-refractivity contribution < 1.29 is 0 Å². The topological polar surface area (TPSA) is 44.9 Å². The van der Waals surface area contributed by atoms with Gasteiger partial charge in [0.1, 0.15) is 12.4 Å². The third kappa shape index (κ3) is 2.18. The van der Waals surface area contributed by atoms with Gasteiger partial charge in [0.2, 0.25) is 0 Å². The minimum absolute atomic E-state index is 0.418. The van der Waals surface area contributed by atoms with E-state index in [1.165, 1.54) is 0 Å². The first-order chi connectivity index (χ1) is 7.31. The monoisotopic (exact) mass is 204 g/mol. The average molecular weight is 204 g/mol. The zero-order valence-electron chi connectivity index (χ0n) is 9.06. The van der Waals surface area contributed by atoms with Gasteiger partial charge in [0, 0.05) is 18.3 Å². The van der Waals surface area contributed by atoms with Crippen molar-refractivity contribution in [2.75, 3.05) is 20.1 Å². The Morgan fingerprint density at radius 3 is 2.93 bits per heavy atom. The molecule has 1 fully saturated rings. The molecule has 15 heavy (non-hydrogen) atoms. The van der Waals surface area contributed by atoms with E-state index in [9.17, 15) is 0 Å². The van der Waals surface area contributed by atoms with Crippen LogP contribution in [0.4, 0.5) is 0 Å². The number of aromatic nitrogens is 2. The Balaban J connectivity index is 2.09. The predicted molar refractivity (Wildman–Crippen MR) is 57.3 cm³/mol. The molecule has 0 atom stereocenters. The van der Waals surface area contributed by atoms with Crippen molar-refractivity contribution in [1.82, 2.24) is 14.5 Å². The minimum atomic E-state index is 0.418. The molecule has 1 aliphatic heterocycles. The van der Waals surface area contributed by atoms with Gasteiger partial charge in [-0.1, -0.05) is 0 Å². The summed E-state index contributed by atoms with van der Waals surface area (Å²) >= 11 is 0. The summed E-state index contributed by atoms with van der Waals surface area (Å²) in [5.74, 6) is 1.62. The van der Waals surface area contributed by atoms with Gasteiger partial charge in [-0.25, -0.2) is 4.98 Å². The molecule has 0 aromatic carbocycles. The summed E-state index contributed by atoms with van der Waals surface area (Å²) in [4.78, 5) is 6.72. The number of nitrogens with zero attached hydrogens (tertiary/aromatic N) is 4. The number of piperidine rings is 1. The van der Waals surface area contributed by atoms with E-state index in [4.69, 9.17) is 5.26 Å². The van der Waals surface area contributed by atoms with Crippen LogP contribution >= 0.6 is 0 Å². The van der Waals surface area contributed by atoms with Crippen molar-refractivity contribution >= 4 is 0 Å². The standard InChI is InChI=1S/C11H16N4/c1-14-6-2-10(3-7-14)11-13-5-9-15(11)8-4-12/h5,9-10H,2-3,6-8H2,1H3. The average Bonchev–Trinajstić information content (AvgIpc) is 2.68. The summed E-state index contributed by atoms with van der Waals surface area (Å²) in [5, 5.41) is 8.70. The fraction of sp³-hybridized carbons (Fsp3) is 0.636. The van der Waals surface area contributed by atoms with E-state index < -0.39 is 0 Å². The lowest BCUT2D eigenvalue weighted by atomic mass is 9.96.